The summed E-state index contributed by atoms with van der Waals surface area (Å²) in [5.41, 5.74) is 0.0523. The van der Waals surface area contributed by atoms with Crippen LogP contribution >= 0.6 is 11.5 Å². The molecule has 0 radical (unpaired) electrons. The number of rotatable bonds is 3. The number of carbonyl (C=O) groups is 1. The third-order valence-corrected chi connectivity index (χ3v) is 4.62. The van der Waals surface area contributed by atoms with Crippen LogP contribution in [-0.4, -0.2) is 32.7 Å². The van der Waals surface area contributed by atoms with E-state index in [-0.39, 0.29) is 17.9 Å². The van der Waals surface area contributed by atoms with E-state index >= 15 is 0 Å². The Kier molecular flexibility index (Phi) is 4.44. The van der Waals surface area contributed by atoms with Crippen LogP contribution in [0.3, 0.4) is 0 Å². The minimum absolute atomic E-state index is 0.00414. The van der Waals surface area contributed by atoms with E-state index in [0.717, 1.165) is 42.9 Å². The zero-order valence-electron chi connectivity index (χ0n) is 12.4. The summed E-state index contributed by atoms with van der Waals surface area (Å²) in [6.07, 6.45) is 4.95. The fourth-order valence-electron chi connectivity index (χ4n) is 2.68. The Hall–Kier alpha value is -1.01. The van der Waals surface area contributed by atoms with Gasteiger partial charge in [0.1, 0.15) is 4.88 Å². The molecule has 1 aliphatic carbocycles. The van der Waals surface area contributed by atoms with E-state index in [2.05, 4.69) is 14.9 Å². The van der Waals surface area contributed by atoms with Gasteiger partial charge in [-0.3, -0.25) is 4.79 Å². The quantitative estimate of drug-likeness (QED) is 0.897. The molecular weight excluding hydrogens is 274 g/mol. The molecular formula is C14H23N3O2S. The van der Waals surface area contributed by atoms with Crippen LogP contribution in [-0.2, 0) is 5.41 Å². The van der Waals surface area contributed by atoms with Crippen LogP contribution in [0.5, 0.6) is 0 Å². The van der Waals surface area contributed by atoms with E-state index in [0.29, 0.717) is 4.88 Å². The Morgan fingerprint density at radius 2 is 2.00 bits per heavy atom. The van der Waals surface area contributed by atoms with Crippen molar-refractivity contribution in [3.05, 3.63) is 10.6 Å². The van der Waals surface area contributed by atoms with Gasteiger partial charge in [0, 0.05) is 5.41 Å². The van der Waals surface area contributed by atoms with Gasteiger partial charge < -0.3 is 10.4 Å². The molecule has 1 aliphatic rings. The lowest BCUT2D eigenvalue weighted by molar-refractivity contribution is 0.0760. The van der Waals surface area contributed by atoms with Crippen LogP contribution < -0.4 is 5.32 Å². The minimum Gasteiger partial charge on any atom is -0.394 e. The van der Waals surface area contributed by atoms with E-state index in [4.69, 9.17) is 0 Å². The first-order chi connectivity index (χ1) is 9.38. The molecule has 112 valence electrons. The summed E-state index contributed by atoms with van der Waals surface area (Å²) < 4.78 is 3.92. The van der Waals surface area contributed by atoms with Gasteiger partial charge in [-0.1, -0.05) is 44.5 Å². The molecule has 0 unspecified atom stereocenters. The molecule has 6 heteroatoms. The molecule has 0 aliphatic heterocycles. The first-order valence-electron chi connectivity index (χ1n) is 7.14. The number of hydrogen-bond acceptors (Lipinski definition) is 5. The Bertz CT molecular complexity index is 473. The fraction of sp³-hybridized carbons (Fsp3) is 0.786. The normalized spacial score (nSPS) is 18.8. The molecule has 2 N–H and O–H groups in total. The lowest BCUT2D eigenvalue weighted by Crippen LogP contribution is -2.52. The van der Waals surface area contributed by atoms with Crippen LogP contribution in [0.1, 0.15) is 68.2 Å². The predicted molar refractivity (Wildman–Crippen MR) is 79.0 cm³/mol. The van der Waals surface area contributed by atoms with Crippen LogP contribution in [0.25, 0.3) is 0 Å². The molecule has 1 fully saturated rings. The average molecular weight is 297 g/mol. The van der Waals surface area contributed by atoms with Crippen LogP contribution in [0.15, 0.2) is 0 Å². The Morgan fingerprint density at radius 1 is 1.35 bits per heavy atom. The number of aliphatic hydroxyl groups excluding tert-OH is 1. The summed E-state index contributed by atoms with van der Waals surface area (Å²) >= 11 is 1.13. The van der Waals surface area contributed by atoms with E-state index in [1.165, 1.54) is 6.42 Å². The van der Waals surface area contributed by atoms with Gasteiger partial charge in [0.05, 0.1) is 17.8 Å². The lowest BCUT2D eigenvalue weighted by Gasteiger charge is -2.36. The van der Waals surface area contributed by atoms with Gasteiger partial charge in [0.25, 0.3) is 5.91 Å². The number of carbonyl (C=O) groups excluding carboxylic acids is 1. The van der Waals surface area contributed by atoms with Crippen molar-refractivity contribution in [3.63, 3.8) is 0 Å². The van der Waals surface area contributed by atoms with Crippen molar-refractivity contribution in [2.75, 3.05) is 6.61 Å². The van der Waals surface area contributed by atoms with Crippen molar-refractivity contribution >= 4 is 17.4 Å². The molecule has 0 atom stereocenters. The standard InChI is InChI=1S/C14H23N3O2S/c1-13(2,3)11-10(20-17-16-11)12(19)15-14(9-18)7-5-4-6-8-14/h18H,4-9H2,1-3H3,(H,15,19). The Balaban J connectivity index is 2.18. The number of amides is 1. The molecule has 1 aromatic rings. The van der Waals surface area contributed by atoms with Gasteiger partial charge in [-0.15, -0.1) is 5.10 Å². The summed E-state index contributed by atoms with van der Waals surface area (Å²) in [5, 5.41) is 16.8. The fourth-order valence-corrected chi connectivity index (χ4v) is 3.45. The van der Waals surface area contributed by atoms with Gasteiger partial charge in [-0.05, 0) is 24.4 Å². The molecule has 2 rings (SSSR count). The second-order valence-corrected chi connectivity index (χ2v) is 7.41. The van der Waals surface area contributed by atoms with Gasteiger partial charge >= 0.3 is 0 Å². The molecule has 1 heterocycles. The first kappa shape index (κ1) is 15.4. The lowest BCUT2D eigenvalue weighted by atomic mass is 9.82. The van der Waals surface area contributed by atoms with Crippen molar-refractivity contribution in [2.45, 2.75) is 63.8 Å². The number of nitrogens with one attached hydrogen (secondary N) is 1. The van der Waals surface area contributed by atoms with Crippen LogP contribution in [0, 0.1) is 0 Å². The maximum absolute atomic E-state index is 12.5. The number of aliphatic hydroxyl groups is 1. The maximum Gasteiger partial charge on any atom is 0.265 e. The molecule has 1 saturated carbocycles. The molecule has 0 aromatic carbocycles. The minimum atomic E-state index is -0.464. The van der Waals surface area contributed by atoms with Crippen molar-refractivity contribution in [3.8, 4) is 0 Å². The highest BCUT2D eigenvalue weighted by atomic mass is 32.1. The third-order valence-electron chi connectivity index (χ3n) is 3.90. The van der Waals surface area contributed by atoms with E-state index in [1.807, 2.05) is 20.8 Å². The van der Waals surface area contributed by atoms with Crippen LogP contribution in [0.4, 0.5) is 0 Å². The molecule has 5 nitrogen and oxygen atoms in total. The summed E-state index contributed by atoms with van der Waals surface area (Å²) in [6, 6.07) is 0. The number of nitrogens with zero attached hydrogens (tertiary/aromatic N) is 2. The third kappa shape index (κ3) is 3.17. The maximum atomic E-state index is 12.5. The zero-order chi connectivity index (χ0) is 14.8. The Morgan fingerprint density at radius 3 is 2.55 bits per heavy atom. The average Bonchev–Trinajstić information content (AvgIpc) is 2.89. The zero-order valence-corrected chi connectivity index (χ0v) is 13.2. The van der Waals surface area contributed by atoms with E-state index in [9.17, 15) is 9.90 Å². The summed E-state index contributed by atoms with van der Waals surface area (Å²) in [4.78, 5) is 13.1. The highest BCUT2D eigenvalue weighted by molar-refractivity contribution is 7.08. The van der Waals surface area contributed by atoms with Crippen LogP contribution in [0.2, 0.25) is 0 Å². The highest BCUT2D eigenvalue weighted by Crippen LogP contribution is 2.30. The van der Waals surface area contributed by atoms with Gasteiger partial charge in [-0.25, -0.2) is 0 Å². The smallest absolute Gasteiger partial charge is 0.265 e. The molecule has 1 aromatic heterocycles. The van der Waals surface area contributed by atoms with Crippen molar-refractivity contribution in [1.82, 2.24) is 14.9 Å². The van der Waals surface area contributed by atoms with Gasteiger partial charge in [-0.2, -0.15) is 0 Å². The van der Waals surface area contributed by atoms with Crippen molar-refractivity contribution < 1.29 is 9.90 Å². The largest absolute Gasteiger partial charge is 0.394 e. The van der Waals surface area contributed by atoms with Gasteiger partial charge in [0.2, 0.25) is 0 Å². The van der Waals surface area contributed by atoms with E-state index in [1.54, 1.807) is 0 Å². The topological polar surface area (TPSA) is 75.1 Å². The first-order valence-corrected chi connectivity index (χ1v) is 7.91. The molecule has 0 bridgehead atoms. The Labute approximate surface area is 123 Å². The number of aromatic nitrogens is 2. The molecule has 1 amide bonds. The molecule has 0 saturated heterocycles. The number of hydrogen-bond donors (Lipinski definition) is 2. The SMILES string of the molecule is CC(C)(C)c1nnsc1C(=O)NC1(CO)CCCCC1. The highest BCUT2D eigenvalue weighted by Gasteiger charge is 2.35. The second kappa shape index (κ2) is 5.77. The van der Waals surface area contributed by atoms with E-state index < -0.39 is 5.54 Å². The van der Waals surface area contributed by atoms with Crippen molar-refractivity contribution in [2.24, 2.45) is 0 Å². The predicted octanol–water partition coefficient (Wildman–Crippen LogP) is 2.26. The summed E-state index contributed by atoms with van der Waals surface area (Å²) in [5.74, 6) is -0.152. The molecule has 20 heavy (non-hydrogen) atoms. The second-order valence-electron chi connectivity index (χ2n) is 6.65. The molecule has 0 spiro atoms. The monoisotopic (exact) mass is 297 g/mol. The summed E-state index contributed by atoms with van der Waals surface area (Å²) in [6.45, 7) is 6.05. The summed E-state index contributed by atoms with van der Waals surface area (Å²) in [7, 11) is 0. The van der Waals surface area contributed by atoms with Crippen molar-refractivity contribution in [1.29, 1.82) is 0 Å². The van der Waals surface area contributed by atoms with Gasteiger partial charge in [0.15, 0.2) is 0 Å².